The normalized spacial score (nSPS) is 16.2. The van der Waals surface area contributed by atoms with Crippen molar-refractivity contribution in [1.29, 1.82) is 0 Å². The van der Waals surface area contributed by atoms with Crippen LogP contribution in [-0.2, 0) is 9.59 Å². The highest BCUT2D eigenvalue weighted by molar-refractivity contribution is 5.88. The van der Waals surface area contributed by atoms with Crippen molar-refractivity contribution >= 4 is 17.5 Å². The van der Waals surface area contributed by atoms with Crippen molar-refractivity contribution in [3.63, 3.8) is 0 Å². The molecular formula is C23H24N4O2. The third kappa shape index (κ3) is 4.21. The zero-order valence-electron chi connectivity index (χ0n) is 16.4. The van der Waals surface area contributed by atoms with Crippen LogP contribution in [0.3, 0.4) is 0 Å². The molecule has 2 aromatic carbocycles. The molecule has 2 heterocycles. The number of hydrogen-bond donors (Lipinski definition) is 1. The molecule has 3 aromatic rings. The molecule has 1 fully saturated rings. The molecule has 1 aliphatic heterocycles. The Labute approximate surface area is 170 Å². The van der Waals surface area contributed by atoms with E-state index in [0.29, 0.717) is 18.8 Å². The van der Waals surface area contributed by atoms with Crippen LogP contribution in [0, 0.1) is 0 Å². The van der Waals surface area contributed by atoms with Gasteiger partial charge in [0, 0.05) is 26.2 Å². The minimum atomic E-state index is -0.316. The Hall–Kier alpha value is -3.41. The molecule has 0 aliphatic carbocycles. The van der Waals surface area contributed by atoms with Crippen LogP contribution in [-0.4, -0.2) is 39.6 Å². The summed E-state index contributed by atoms with van der Waals surface area (Å²) in [5.41, 5.74) is 2.67. The Morgan fingerprint density at radius 2 is 1.66 bits per heavy atom. The second-order valence-electron chi connectivity index (χ2n) is 7.37. The number of carbonyl (C=O) groups is 2. The van der Waals surface area contributed by atoms with Crippen LogP contribution < -0.4 is 5.32 Å². The minimum absolute atomic E-state index is 0.105. The summed E-state index contributed by atoms with van der Waals surface area (Å²) in [4.78, 5) is 26.7. The fourth-order valence-corrected chi connectivity index (χ4v) is 3.91. The Bertz CT molecular complexity index is 945. The molecule has 1 aliphatic rings. The van der Waals surface area contributed by atoms with E-state index in [2.05, 4.69) is 10.4 Å². The summed E-state index contributed by atoms with van der Waals surface area (Å²) in [7, 11) is 0. The number of nitrogens with one attached hydrogen (secondary N) is 1. The molecule has 4 rings (SSSR count). The number of likely N-dealkylation sites (tertiary alicyclic amines) is 1. The number of benzene rings is 2. The summed E-state index contributed by atoms with van der Waals surface area (Å²) in [5, 5.41) is 7.11. The second-order valence-corrected chi connectivity index (χ2v) is 7.37. The predicted octanol–water partition coefficient (Wildman–Crippen LogP) is 3.45. The summed E-state index contributed by atoms with van der Waals surface area (Å²) in [5.74, 6) is -0.329. The molecule has 2 amide bonds. The van der Waals surface area contributed by atoms with Gasteiger partial charge in [-0.3, -0.25) is 14.3 Å². The van der Waals surface area contributed by atoms with Gasteiger partial charge >= 0.3 is 0 Å². The van der Waals surface area contributed by atoms with Gasteiger partial charge < -0.3 is 10.2 Å². The molecular weight excluding hydrogens is 364 g/mol. The van der Waals surface area contributed by atoms with Gasteiger partial charge in [0.25, 0.3) is 0 Å². The van der Waals surface area contributed by atoms with Crippen molar-refractivity contribution in [3.8, 4) is 0 Å². The summed E-state index contributed by atoms with van der Waals surface area (Å²) < 4.78 is 1.85. The smallest absolute Gasteiger partial charge is 0.234 e. The van der Waals surface area contributed by atoms with Gasteiger partial charge in [0.2, 0.25) is 11.8 Å². The minimum Gasteiger partial charge on any atom is -0.340 e. The van der Waals surface area contributed by atoms with E-state index in [1.165, 1.54) is 6.92 Å². The first-order valence-electron chi connectivity index (χ1n) is 9.82. The lowest BCUT2D eigenvalue weighted by molar-refractivity contribution is -0.131. The van der Waals surface area contributed by atoms with Crippen LogP contribution in [0.15, 0.2) is 73.1 Å². The zero-order valence-corrected chi connectivity index (χ0v) is 16.4. The van der Waals surface area contributed by atoms with E-state index in [9.17, 15) is 9.59 Å². The maximum absolute atomic E-state index is 13.5. The molecule has 1 saturated heterocycles. The SMILES string of the molecule is CC(=O)Nc1cnn(C2CCN(C(=O)C(c3ccccc3)c3ccccc3)C2)c1. The van der Waals surface area contributed by atoms with Crippen LogP contribution in [0.1, 0.15) is 36.4 Å². The largest absolute Gasteiger partial charge is 0.340 e. The van der Waals surface area contributed by atoms with Crippen molar-refractivity contribution in [2.24, 2.45) is 0 Å². The van der Waals surface area contributed by atoms with E-state index in [0.717, 1.165) is 17.5 Å². The molecule has 1 atom stereocenters. The number of aromatic nitrogens is 2. The van der Waals surface area contributed by atoms with Crippen LogP contribution in [0.2, 0.25) is 0 Å². The Morgan fingerprint density at radius 1 is 1.03 bits per heavy atom. The van der Waals surface area contributed by atoms with Crippen molar-refractivity contribution in [3.05, 3.63) is 84.2 Å². The molecule has 6 heteroatoms. The van der Waals surface area contributed by atoms with E-state index in [4.69, 9.17) is 0 Å². The molecule has 29 heavy (non-hydrogen) atoms. The number of carbonyl (C=O) groups excluding carboxylic acids is 2. The number of nitrogens with zero attached hydrogens (tertiary/aromatic N) is 3. The molecule has 1 N–H and O–H groups in total. The van der Waals surface area contributed by atoms with Crippen LogP contribution in [0.5, 0.6) is 0 Å². The summed E-state index contributed by atoms with van der Waals surface area (Å²) in [6.07, 6.45) is 4.30. The Balaban J connectivity index is 1.53. The fourth-order valence-electron chi connectivity index (χ4n) is 3.91. The van der Waals surface area contributed by atoms with E-state index in [-0.39, 0.29) is 23.8 Å². The standard InChI is InChI=1S/C23H24N4O2/c1-17(28)25-20-14-24-27(15-20)21-12-13-26(16-21)23(29)22(18-8-4-2-5-9-18)19-10-6-3-7-11-19/h2-11,14-15,21-22H,12-13,16H2,1H3,(H,25,28). The Morgan fingerprint density at radius 3 is 2.24 bits per heavy atom. The molecule has 0 radical (unpaired) electrons. The average molecular weight is 388 g/mol. The maximum atomic E-state index is 13.5. The van der Waals surface area contributed by atoms with Gasteiger partial charge in [0.05, 0.1) is 23.8 Å². The Kier molecular flexibility index (Phi) is 5.42. The number of amides is 2. The third-order valence-electron chi connectivity index (χ3n) is 5.28. The number of hydrogen-bond acceptors (Lipinski definition) is 3. The van der Waals surface area contributed by atoms with Crippen LogP contribution in [0.25, 0.3) is 0 Å². The van der Waals surface area contributed by atoms with Gasteiger partial charge in [-0.05, 0) is 17.5 Å². The topological polar surface area (TPSA) is 67.2 Å². The van der Waals surface area contributed by atoms with Gasteiger partial charge in [-0.2, -0.15) is 5.10 Å². The first-order valence-corrected chi connectivity index (χ1v) is 9.82. The molecule has 0 bridgehead atoms. The van der Waals surface area contributed by atoms with Gasteiger partial charge in [-0.1, -0.05) is 60.7 Å². The lowest BCUT2D eigenvalue weighted by Gasteiger charge is -2.24. The molecule has 0 spiro atoms. The maximum Gasteiger partial charge on any atom is 0.234 e. The zero-order chi connectivity index (χ0) is 20.2. The molecule has 1 unspecified atom stereocenters. The quantitative estimate of drug-likeness (QED) is 0.728. The van der Waals surface area contributed by atoms with E-state index in [1.54, 1.807) is 6.20 Å². The highest BCUT2D eigenvalue weighted by Gasteiger charge is 2.33. The van der Waals surface area contributed by atoms with E-state index in [1.807, 2.05) is 76.4 Å². The highest BCUT2D eigenvalue weighted by atomic mass is 16.2. The van der Waals surface area contributed by atoms with Gasteiger partial charge in [0.15, 0.2) is 0 Å². The molecule has 1 aromatic heterocycles. The molecule has 0 saturated carbocycles. The van der Waals surface area contributed by atoms with Crippen molar-refractivity contribution in [2.75, 3.05) is 18.4 Å². The van der Waals surface area contributed by atoms with Crippen molar-refractivity contribution < 1.29 is 9.59 Å². The first-order chi connectivity index (χ1) is 14.1. The second kappa shape index (κ2) is 8.31. The number of anilines is 1. The lowest BCUT2D eigenvalue weighted by atomic mass is 9.90. The van der Waals surface area contributed by atoms with Crippen LogP contribution >= 0.6 is 0 Å². The number of rotatable bonds is 5. The summed E-state index contributed by atoms with van der Waals surface area (Å²) in [6, 6.07) is 20.0. The van der Waals surface area contributed by atoms with Gasteiger partial charge in [-0.25, -0.2) is 0 Å². The third-order valence-corrected chi connectivity index (χ3v) is 5.28. The van der Waals surface area contributed by atoms with Crippen LogP contribution in [0.4, 0.5) is 5.69 Å². The van der Waals surface area contributed by atoms with E-state index < -0.39 is 0 Å². The van der Waals surface area contributed by atoms with Gasteiger partial charge in [0.1, 0.15) is 0 Å². The van der Waals surface area contributed by atoms with Crippen molar-refractivity contribution in [1.82, 2.24) is 14.7 Å². The average Bonchev–Trinajstić information content (AvgIpc) is 3.39. The molecule has 148 valence electrons. The fraction of sp³-hybridized carbons (Fsp3) is 0.261. The summed E-state index contributed by atoms with van der Waals surface area (Å²) in [6.45, 7) is 2.77. The monoisotopic (exact) mass is 388 g/mol. The molecule has 6 nitrogen and oxygen atoms in total. The lowest BCUT2D eigenvalue weighted by Crippen LogP contribution is -2.34. The first kappa shape index (κ1) is 18.9. The van der Waals surface area contributed by atoms with Crippen molar-refractivity contribution in [2.45, 2.75) is 25.3 Å². The summed E-state index contributed by atoms with van der Waals surface area (Å²) >= 11 is 0. The predicted molar refractivity (Wildman–Crippen MR) is 111 cm³/mol. The highest BCUT2D eigenvalue weighted by Crippen LogP contribution is 2.30. The van der Waals surface area contributed by atoms with Gasteiger partial charge in [-0.15, -0.1) is 0 Å². The van der Waals surface area contributed by atoms with E-state index >= 15 is 0 Å².